The molecule has 0 unspecified atom stereocenters. The van der Waals surface area contributed by atoms with Gasteiger partial charge in [-0.25, -0.2) is 4.79 Å². The van der Waals surface area contributed by atoms with Gasteiger partial charge in [-0.3, -0.25) is 4.79 Å². The van der Waals surface area contributed by atoms with Crippen molar-refractivity contribution in [2.45, 2.75) is 26.6 Å². The van der Waals surface area contributed by atoms with Gasteiger partial charge in [-0.15, -0.1) is 0 Å². The molecule has 0 saturated carbocycles. The first kappa shape index (κ1) is 21.9. The molecule has 0 aliphatic carbocycles. The number of benzene rings is 3. The first-order chi connectivity index (χ1) is 15.0. The third-order valence-electron chi connectivity index (χ3n) is 4.88. The summed E-state index contributed by atoms with van der Waals surface area (Å²) < 4.78 is 5.83. The Kier molecular flexibility index (Phi) is 7.65. The molecule has 6 nitrogen and oxygen atoms in total. The molecular weight excluding hydrogens is 390 g/mol. The average molecular weight is 418 g/mol. The van der Waals surface area contributed by atoms with Crippen molar-refractivity contribution in [2.75, 3.05) is 6.54 Å². The largest absolute Gasteiger partial charge is 0.489 e. The second-order valence-corrected chi connectivity index (χ2v) is 7.15. The van der Waals surface area contributed by atoms with Crippen LogP contribution in [0.4, 0.5) is 4.79 Å². The highest BCUT2D eigenvalue weighted by Gasteiger charge is 2.14. The molecule has 0 aliphatic heterocycles. The lowest BCUT2D eigenvalue weighted by molar-refractivity contribution is 0.0752. The fraction of sp³-hybridized carbons (Fsp3) is 0.200. The number of hydrogen-bond donors (Lipinski definition) is 2. The van der Waals surface area contributed by atoms with Gasteiger partial charge in [0.15, 0.2) is 0 Å². The zero-order valence-electron chi connectivity index (χ0n) is 17.6. The van der Waals surface area contributed by atoms with Crippen molar-refractivity contribution in [3.8, 4) is 5.75 Å². The van der Waals surface area contributed by atoms with E-state index in [-0.39, 0.29) is 5.91 Å². The fourth-order valence-electron chi connectivity index (χ4n) is 3.12. The van der Waals surface area contributed by atoms with Crippen LogP contribution in [0.5, 0.6) is 5.75 Å². The topological polar surface area (TPSA) is 84.7 Å². The summed E-state index contributed by atoms with van der Waals surface area (Å²) in [5.74, 6) is 0.753. The highest BCUT2D eigenvalue weighted by molar-refractivity contribution is 5.94. The summed E-state index contributed by atoms with van der Waals surface area (Å²) in [5, 5.41) is 2.53. The minimum Gasteiger partial charge on any atom is -0.489 e. The van der Waals surface area contributed by atoms with E-state index in [0.29, 0.717) is 31.8 Å². The molecule has 0 spiro atoms. The lowest BCUT2D eigenvalue weighted by atomic mass is 10.1. The van der Waals surface area contributed by atoms with Crippen molar-refractivity contribution in [2.24, 2.45) is 5.73 Å². The summed E-state index contributed by atoms with van der Waals surface area (Å²) in [6, 6.07) is 24.4. The predicted octanol–water partition coefficient (Wildman–Crippen LogP) is 4.10. The third-order valence-corrected chi connectivity index (χ3v) is 4.88. The van der Waals surface area contributed by atoms with Crippen LogP contribution < -0.4 is 15.8 Å². The van der Waals surface area contributed by atoms with Crippen molar-refractivity contribution >= 4 is 11.9 Å². The van der Waals surface area contributed by atoms with E-state index in [1.54, 1.807) is 17.0 Å². The van der Waals surface area contributed by atoms with Crippen molar-refractivity contribution < 1.29 is 14.3 Å². The number of ether oxygens (including phenoxy) is 1. The lowest BCUT2D eigenvalue weighted by Gasteiger charge is -2.21. The van der Waals surface area contributed by atoms with E-state index in [1.807, 2.05) is 73.7 Å². The number of urea groups is 1. The number of primary amides is 1. The van der Waals surface area contributed by atoms with Gasteiger partial charge < -0.3 is 20.7 Å². The smallest absolute Gasteiger partial charge is 0.312 e. The van der Waals surface area contributed by atoms with Gasteiger partial charge in [0.05, 0.1) is 0 Å². The zero-order chi connectivity index (χ0) is 22.1. The van der Waals surface area contributed by atoms with E-state index in [0.717, 1.165) is 22.4 Å². The van der Waals surface area contributed by atoms with Gasteiger partial charge in [0.1, 0.15) is 12.4 Å². The Labute approximate surface area is 182 Å². The SMILES string of the molecule is CCN(Cc1ccc(OCc2ccccc2)cc1)C(=O)c1ccc(CNC(N)=O)cc1. The Balaban J connectivity index is 1.57. The van der Waals surface area contributed by atoms with Crippen LogP contribution in [-0.4, -0.2) is 23.4 Å². The van der Waals surface area contributed by atoms with E-state index in [9.17, 15) is 9.59 Å². The minimum absolute atomic E-state index is 0.0404. The van der Waals surface area contributed by atoms with Gasteiger partial charge in [-0.1, -0.05) is 54.6 Å². The molecule has 0 heterocycles. The fourth-order valence-corrected chi connectivity index (χ4v) is 3.12. The molecule has 0 aromatic heterocycles. The first-order valence-electron chi connectivity index (χ1n) is 10.2. The Morgan fingerprint density at radius 2 is 1.52 bits per heavy atom. The maximum absolute atomic E-state index is 12.9. The van der Waals surface area contributed by atoms with E-state index < -0.39 is 6.03 Å². The number of nitrogens with one attached hydrogen (secondary N) is 1. The van der Waals surface area contributed by atoms with Crippen LogP contribution in [0.3, 0.4) is 0 Å². The number of hydrogen-bond acceptors (Lipinski definition) is 3. The van der Waals surface area contributed by atoms with Gasteiger partial charge in [-0.05, 0) is 47.9 Å². The average Bonchev–Trinajstić information content (AvgIpc) is 2.81. The Morgan fingerprint density at radius 1 is 0.871 bits per heavy atom. The summed E-state index contributed by atoms with van der Waals surface area (Å²) in [5.41, 5.74) is 8.72. The molecule has 0 fully saturated rings. The normalized spacial score (nSPS) is 10.4. The molecule has 3 aromatic carbocycles. The van der Waals surface area contributed by atoms with Crippen LogP contribution in [0, 0.1) is 0 Å². The van der Waals surface area contributed by atoms with E-state index in [4.69, 9.17) is 10.5 Å². The maximum Gasteiger partial charge on any atom is 0.312 e. The van der Waals surface area contributed by atoms with Crippen molar-refractivity contribution in [3.63, 3.8) is 0 Å². The quantitative estimate of drug-likeness (QED) is 0.550. The monoisotopic (exact) mass is 417 g/mol. The Morgan fingerprint density at radius 3 is 2.13 bits per heavy atom. The number of carbonyl (C=O) groups excluding carboxylic acids is 2. The molecule has 3 rings (SSSR count). The Hall–Kier alpha value is -3.80. The first-order valence-corrected chi connectivity index (χ1v) is 10.2. The molecule has 0 bridgehead atoms. The second-order valence-electron chi connectivity index (χ2n) is 7.15. The molecule has 6 heteroatoms. The van der Waals surface area contributed by atoms with Gasteiger partial charge in [-0.2, -0.15) is 0 Å². The molecular formula is C25H27N3O3. The van der Waals surface area contributed by atoms with Gasteiger partial charge in [0.2, 0.25) is 0 Å². The third kappa shape index (κ3) is 6.60. The highest BCUT2D eigenvalue weighted by atomic mass is 16.5. The molecule has 0 radical (unpaired) electrons. The standard InChI is InChI=1S/C25H27N3O3/c1-2-28(24(29)22-12-8-19(9-13-22)16-27-25(26)30)17-20-10-14-23(15-11-20)31-18-21-6-4-3-5-7-21/h3-15H,2,16-18H2,1H3,(H3,26,27,30). The van der Waals surface area contributed by atoms with Gasteiger partial charge >= 0.3 is 6.03 Å². The summed E-state index contributed by atoms with van der Waals surface area (Å²) in [6.07, 6.45) is 0. The second kappa shape index (κ2) is 10.8. The summed E-state index contributed by atoms with van der Waals surface area (Å²) in [6.45, 7) is 3.92. The number of nitrogens with zero attached hydrogens (tertiary/aromatic N) is 1. The van der Waals surface area contributed by atoms with Crippen LogP contribution in [0.25, 0.3) is 0 Å². The van der Waals surface area contributed by atoms with Crippen molar-refractivity contribution in [1.29, 1.82) is 0 Å². The molecule has 3 aromatic rings. The molecule has 31 heavy (non-hydrogen) atoms. The number of amides is 3. The van der Waals surface area contributed by atoms with Crippen LogP contribution in [0.1, 0.15) is 34.0 Å². The van der Waals surface area contributed by atoms with Crippen LogP contribution in [0.15, 0.2) is 78.9 Å². The highest BCUT2D eigenvalue weighted by Crippen LogP contribution is 2.17. The van der Waals surface area contributed by atoms with E-state index in [2.05, 4.69) is 5.32 Å². The number of nitrogens with two attached hydrogens (primary N) is 1. The Bertz CT molecular complexity index is 987. The number of rotatable bonds is 9. The maximum atomic E-state index is 12.9. The van der Waals surface area contributed by atoms with E-state index in [1.165, 1.54) is 0 Å². The van der Waals surface area contributed by atoms with Crippen molar-refractivity contribution in [3.05, 3.63) is 101 Å². The van der Waals surface area contributed by atoms with E-state index >= 15 is 0 Å². The summed E-state index contributed by atoms with van der Waals surface area (Å²) in [4.78, 5) is 25.5. The lowest BCUT2D eigenvalue weighted by Crippen LogP contribution is -2.30. The molecule has 3 N–H and O–H groups in total. The zero-order valence-corrected chi connectivity index (χ0v) is 17.6. The molecule has 0 atom stereocenters. The van der Waals surface area contributed by atoms with Crippen LogP contribution >= 0.6 is 0 Å². The number of carbonyl (C=O) groups is 2. The van der Waals surface area contributed by atoms with Crippen LogP contribution in [-0.2, 0) is 19.7 Å². The molecule has 0 saturated heterocycles. The predicted molar refractivity (Wildman–Crippen MR) is 120 cm³/mol. The van der Waals surface area contributed by atoms with Crippen LogP contribution in [0.2, 0.25) is 0 Å². The van der Waals surface area contributed by atoms with Gasteiger partial charge in [0.25, 0.3) is 5.91 Å². The summed E-state index contributed by atoms with van der Waals surface area (Å²) >= 11 is 0. The van der Waals surface area contributed by atoms with Gasteiger partial charge in [0, 0.05) is 25.2 Å². The molecule has 0 aliphatic rings. The molecule has 3 amide bonds. The summed E-state index contributed by atoms with van der Waals surface area (Å²) in [7, 11) is 0. The van der Waals surface area contributed by atoms with Crippen molar-refractivity contribution in [1.82, 2.24) is 10.2 Å². The molecule has 160 valence electrons. The minimum atomic E-state index is -0.575.